The Kier molecular flexibility index (Phi) is 4.33. The van der Waals surface area contributed by atoms with Crippen LogP contribution in [0.5, 0.6) is 0 Å². The van der Waals surface area contributed by atoms with Crippen LogP contribution in [0.25, 0.3) is 10.6 Å². The first-order valence-corrected chi connectivity index (χ1v) is 10.2. The van der Waals surface area contributed by atoms with E-state index in [2.05, 4.69) is 41.3 Å². The van der Waals surface area contributed by atoms with Crippen LogP contribution >= 0.6 is 11.3 Å². The molecule has 1 aliphatic heterocycles. The van der Waals surface area contributed by atoms with E-state index in [0.29, 0.717) is 0 Å². The number of non-ortho nitro benzene ring substituents is 1. The van der Waals surface area contributed by atoms with Gasteiger partial charge < -0.3 is 4.90 Å². The fraction of sp³-hybridized carbons (Fsp3) is 0.0870. The molecule has 1 aromatic heterocycles. The largest absolute Gasteiger partial charge is 0.300 e. The van der Waals surface area contributed by atoms with E-state index < -0.39 is 0 Å². The summed E-state index contributed by atoms with van der Waals surface area (Å²) in [5.74, 6) is 0. The van der Waals surface area contributed by atoms with Crippen molar-refractivity contribution in [2.24, 2.45) is 0 Å². The van der Waals surface area contributed by atoms with Crippen LogP contribution in [0.1, 0.15) is 11.3 Å². The number of nitrogens with zero attached hydrogens (tertiary/aromatic N) is 3. The van der Waals surface area contributed by atoms with Crippen molar-refractivity contribution >= 4 is 33.4 Å². The van der Waals surface area contributed by atoms with Gasteiger partial charge in [0, 0.05) is 23.4 Å². The Bertz CT molecular complexity index is 1190. The van der Waals surface area contributed by atoms with Crippen LogP contribution in [0.15, 0.2) is 78.9 Å². The molecule has 0 bridgehead atoms. The zero-order chi connectivity index (χ0) is 19.8. The molecule has 4 aromatic rings. The number of hydrogen-bond donors (Lipinski definition) is 0. The second kappa shape index (κ2) is 7.14. The Morgan fingerprint density at radius 3 is 2.38 bits per heavy atom. The lowest BCUT2D eigenvalue weighted by Gasteiger charge is -2.24. The summed E-state index contributed by atoms with van der Waals surface area (Å²) in [7, 11) is 0. The highest BCUT2D eigenvalue weighted by Gasteiger charge is 2.26. The van der Waals surface area contributed by atoms with Gasteiger partial charge in [-0.15, -0.1) is 0 Å². The van der Waals surface area contributed by atoms with Gasteiger partial charge in [-0.2, -0.15) is 0 Å². The fourth-order valence-corrected chi connectivity index (χ4v) is 4.82. The highest BCUT2D eigenvalue weighted by molar-refractivity contribution is 7.19. The van der Waals surface area contributed by atoms with Gasteiger partial charge in [-0.3, -0.25) is 10.1 Å². The Morgan fingerprint density at radius 2 is 1.62 bits per heavy atom. The van der Waals surface area contributed by atoms with E-state index in [-0.39, 0.29) is 10.6 Å². The van der Waals surface area contributed by atoms with Crippen molar-refractivity contribution in [2.45, 2.75) is 12.8 Å². The minimum absolute atomic E-state index is 0.0895. The average Bonchev–Trinajstić information content (AvgIpc) is 3.11. The second-order valence-electron chi connectivity index (χ2n) is 6.87. The molecule has 29 heavy (non-hydrogen) atoms. The van der Waals surface area contributed by atoms with E-state index in [1.807, 2.05) is 18.2 Å². The molecule has 0 atom stereocenters. The molecule has 2 heterocycles. The molecule has 0 radical (unpaired) electrons. The molecule has 1 aliphatic rings. The standard InChI is InChI=1S/C23H17N3O2S/c27-26(28)19-13-10-17(11-14-19)22-24-20-15-12-16-6-4-5-9-21(16)25(23(20)29-22)18-7-2-1-3-8-18/h1-11,13-14H,12,15H2. The second-order valence-corrected chi connectivity index (χ2v) is 7.85. The summed E-state index contributed by atoms with van der Waals surface area (Å²) in [6.07, 6.45) is 1.79. The molecule has 0 aliphatic carbocycles. The number of aromatic nitrogens is 1. The summed E-state index contributed by atoms with van der Waals surface area (Å²) >= 11 is 1.63. The van der Waals surface area contributed by atoms with Crippen LogP contribution in [0.2, 0.25) is 0 Å². The third-order valence-corrected chi connectivity index (χ3v) is 6.21. The third-order valence-electron chi connectivity index (χ3n) is 5.08. The molecule has 142 valence electrons. The molecule has 6 heteroatoms. The topological polar surface area (TPSA) is 59.3 Å². The molecule has 5 nitrogen and oxygen atoms in total. The molecular weight excluding hydrogens is 382 g/mol. The van der Waals surface area contributed by atoms with Gasteiger partial charge in [0.15, 0.2) is 0 Å². The molecule has 0 saturated carbocycles. The van der Waals surface area contributed by atoms with Gasteiger partial charge in [0.1, 0.15) is 10.0 Å². The maximum absolute atomic E-state index is 10.9. The lowest BCUT2D eigenvalue weighted by Crippen LogP contribution is -2.09. The summed E-state index contributed by atoms with van der Waals surface area (Å²) in [4.78, 5) is 17.8. The zero-order valence-electron chi connectivity index (χ0n) is 15.5. The van der Waals surface area contributed by atoms with Gasteiger partial charge >= 0.3 is 0 Å². The van der Waals surface area contributed by atoms with Crippen molar-refractivity contribution < 1.29 is 4.92 Å². The predicted molar refractivity (Wildman–Crippen MR) is 116 cm³/mol. The number of benzene rings is 3. The van der Waals surface area contributed by atoms with E-state index in [9.17, 15) is 10.1 Å². The fourth-order valence-electron chi connectivity index (χ4n) is 3.67. The van der Waals surface area contributed by atoms with E-state index >= 15 is 0 Å². The molecule has 0 unspecified atom stereocenters. The monoisotopic (exact) mass is 399 g/mol. The summed E-state index contributed by atoms with van der Waals surface area (Å²) in [6.45, 7) is 0. The molecule has 0 amide bonds. The summed E-state index contributed by atoms with van der Waals surface area (Å²) < 4.78 is 0. The van der Waals surface area contributed by atoms with E-state index in [1.165, 1.54) is 23.4 Å². The molecule has 0 spiro atoms. The summed E-state index contributed by atoms with van der Waals surface area (Å²) in [5.41, 5.74) is 5.63. The molecule has 0 fully saturated rings. The van der Waals surface area contributed by atoms with Crippen LogP contribution < -0.4 is 4.90 Å². The Balaban J connectivity index is 1.64. The minimum Gasteiger partial charge on any atom is -0.300 e. The van der Waals surface area contributed by atoms with Crippen molar-refractivity contribution in [3.8, 4) is 10.6 Å². The van der Waals surface area contributed by atoms with Crippen LogP contribution in [0.3, 0.4) is 0 Å². The number of para-hydroxylation sites is 2. The molecular formula is C23H17N3O2S. The van der Waals surface area contributed by atoms with E-state index in [0.717, 1.165) is 39.8 Å². The van der Waals surface area contributed by atoms with E-state index in [1.54, 1.807) is 23.5 Å². The first kappa shape index (κ1) is 17.6. The first-order valence-electron chi connectivity index (χ1n) is 9.38. The lowest BCUT2D eigenvalue weighted by molar-refractivity contribution is -0.384. The van der Waals surface area contributed by atoms with Gasteiger partial charge in [-0.1, -0.05) is 47.7 Å². The third kappa shape index (κ3) is 3.17. The maximum atomic E-state index is 10.9. The van der Waals surface area contributed by atoms with Gasteiger partial charge in [-0.05, 0) is 48.7 Å². The van der Waals surface area contributed by atoms with Crippen molar-refractivity contribution in [2.75, 3.05) is 4.90 Å². The van der Waals surface area contributed by atoms with Crippen LogP contribution in [-0.4, -0.2) is 9.91 Å². The highest BCUT2D eigenvalue weighted by atomic mass is 32.1. The van der Waals surface area contributed by atoms with Gasteiger partial charge in [0.25, 0.3) is 5.69 Å². The summed E-state index contributed by atoms with van der Waals surface area (Å²) in [5, 5.41) is 12.9. The van der Waals surface area contributed by atoms with Crippen molar-refractivity contribution in [3.05, 3.63) is 100 Å². The molecule has 0 N–H and O–H groups in total. The van der Waals surface area contributed by atoms with E-state index in [4.69, 9.17) is 4.98 Å². The number of nitro groups is 1. The van der Waals surface area contributed by atoms with Crippen molar-refractivity contribution in [1.29, 1.82) is 0 Å². The number of fused-ring (bicyclic) bond motifs is 2. The number of rotatable bonds is 3. The quantitative estimate of drug-likeness (QED) is 0.300. The number of thiazole rings is 1. The minimum atomic E-state index is -0.380. The number of hydrogen-bond acceptors (Lipinski definition) is 5. The molecule has 5 rings (SSSR count). The number of nitro benzene ring substituents is 1. The predicted octanol–water partition coefficient (Wildman–Crippen LogP) is 6.29. The Morgan fingerprint density at radius 1 is 0.897 bits per heavy atom. The summed E-state index contributed by atoms with van der Waals surface area (Å²) in [6, 6.07) is 25.4. The first-order chi connectivity index (χ1) is 14.2. The van der Waals surface area contributed by atoms with Crippen LogP contribution in [0, 0.1) is 10.1 Å². The lowest BCUT2D eigenvalue weighted by atomic mass is 10.1. The van der Waals surface area contributed by atoms with Crippen molar-refractivity contribution in [1.82, 2.24) is 4.98 Å². The van der Waals surface area contributed by atoms with Crippen LogP contribution in [0.4, 0.5) is 22.1 Å². The SMILES string of the molecule is O=[N+]([O-])c1ccc(-c2nc3c(s2)N(c2ccccc2)c2ccccc2CC3)cc1. The van der Waals surface area contributed by atoms with Gasteiger partial charge in [-0.25, -0.2) is 4.98 Å². The van der Waals surface area contributed by atoms with Gasteiger partial charge in [0.2, 0.25) is 0 Å². The maximum Gasteiger partial charge on any atom is 0.269 e. The Labute approximate surface area is 172 Å². The van der Waals surface area contributed by atoms with Crippen molar-refractivity contribution in [3.63, 3.8) is 0 Å². The highest BCUT2D eigenvalue weighted by Crippen LogP contribution is 2.46. The smallest absolute Gasteiger partial charge is 0.269 e. The number of anilines is 3. The average molecular weight is 399 g/mol. The zero-order valence-corrected chi connectivity index (χ0v) is 16.3. The Hall–Kier alpha value is -3.51. The molecule has 3 aromatic carbocycles. The molecule has 0 saturated heterocycles. The van der Waals surface area contributed by atoms with Gasteiger partial charge in [0.05, 0.1) is 16.3 Å². The van der Waals surface area contributed by atoms with Crippen LogP contribution in [-0.2, 0) is 12.8 Å². The number of aryl methyl sites for hydroxylation is 2. The normalized spacial score (nSPS) is 12.8.